The van der Waals surface area contributed by atoms with Gasteiger partial charge in [0, 0.05) is 25.1 Å². The average molecular weight is 353 g/mol. The molecule has 6 nitrogen and oxygen atoms in total. The molecule has 7 heteroatoms. The molecule has 0 aliphatic carbocycles. The van der Waals surface area contributed by atoms with Crippen LogP contribution >= 0.6 is 11.6 Å². The van der Waals surface area contributed by atoms with E-state index in [4.69, 9.17) is 16.3 Å². The quantitative estimate of drug-likeness (QED) is 0.763. The lowest BCUT2D eigenvalue weighted by Crippen LogP contribution is -2.50. The monoisotopic (exact) mass is 352 g/mol. The molecule has 24 heavy (non-hydrogen) atoms. The second-order valence-corrected chi connectivity index (χ2v) is 8.28. The SMILES string of the molecule is CC(C)c1nc(Cl)cc(N2C[C@@H]3C[C@H]2CN3C(=O)OC(C)(C)C)n1. The molecule has 3 heterocycles. The average Bonchev–Trinajstić information content (AvgIpc) is 3.04. The number of hydrogen-bond acceptors (Lipinski definition) is 5. The van der Waals surface area contributed by atoms with Crippen LogP contribution in [0.25, 0.3) is 0 Å². The summed E-state index contributed by atoms with van der Waals surface area (Å²) < 4.78 is 5.51. The van der Waals surface area contributed by atoms with E-state index in [0.717, 1.165) is 24.6 Å². The van der Waals surface area contributed by atoms with E-state index in [2.05, 4.69) is 28.7 Å². The fraction of sp³-hybridized carbons (Fsp3) is 0.706. The van der Waals surface area contributed by atoms with E-state index in [1.165, 1.54) is 0 Å². The molecule has 0 saturated carbocycles. The van der Waals surface area contributed by atoms with E-state index < -0.39 is 5.60 Å². The number of rotatable bonds is 2. The topological polar surface area (TPSA) is 58.6 Å². The highest BCUT2D eigenvalue weighted by atomic mass is 35.5. The zero-order valence-electron chi connectivity index (χ0n) is 14.9. The molecule has 132 valence electrons. The number of nitrogens with zero attached hydrogens (tertiary/aromatic N) is 4. The van der Waals surface area contributed by atoms with Crippen LogP contribution in [0.5, 0.6) is 0 Å². The molecular weight excluding hydrogens is 328 g/mol. The van der Waals surface area contributed by atoms with Gasteiger partial charge in [0.15, 0.2) is 0 Å². The molecule has 0 N–H and O–H groups in total. The minimum absolute atomic E-state index is 0.168. The van der Waals surface area contributed by atoms with Gasteiger partial charge >= 0.3 is 6.09 Å². The highest BCUT2D eigenvalue weighted by Gasteiger charge is 2.47. The zero-order valence-corrected chi connectivity index (χ0v) is 15.7. The van der Waals surface area contributed by atoms with Crippen molar-refractivity contribution >= 4 is 23.5 Å². The van der Waals surface area contributed by atoms with Crippen molar-refractivity contribution in [1.29, 1.82) is 0 Å². The molecule has 2 atom stereocenters. The van der Waals surface area contributed by atoms with Gasteiger partial charge in [-0.2, -0.15) is 0 Å². The fourth-order valence-electron chi connectivity index (χ4n) is 3.32. The number of fused-ring (bicyclic) bond motifs is 2. The number of halogens is 1. The van der Waals surface area contributed by atoms with Gasteiger partial charge in [-0.05, 0) is 27.2 Å². The van der Waals surface area contributed by atoms with Crippen LogP contribution in [0.15, 0.2) is 6.07 Å². The van der Waals surface area contributed by atoms with Crippen LogP contribution in [0.4, 0.5) is 10.6 Å². The lowest BCUT2D eigenvalue weighted by molar-refractivity contribution is 0.0214. The van der Waals surface area contributed by atoms with E-state index in [1.54, 1.807) is 0 Å². The third-order valence-electron chi connectivity index (χ3n) is 4.38. The molecule has 1 amide bonds. The molecule has 3 rings (SSSR count). The minimum Gasteiger partial charge on any atom is -0.444 e. The van der Waals surface area contributed by atoms with Gasteiger partial charge in [0.2, 0.25) is 0 Å². The Balaban J connectivity index is 1.73. The van der Waals surface area contributed by atoms with Crippen LogP contribution in [0.1, 0.15) is 52.8 Å². The lowest BCUT2D eigenvalue weighted by atomic mass is 10.2. The maximum atomic E-state index is 12.3. The molecule has 0 radical (unpaired) electrons. The Kier molecular flexibility index (Phi) is 4.36. The first kappa shape index (κ1) is 17.3. The second-order valence-electron chi connectivity index (χ2n) is 7.89. The van der Waals surface area contributed by atoms with Gasteiger partial charge in [0.1, 0.15) is 22.4 Å². The summed E-state index contributed by atoms with van der Waals surface area (Å²) in [7, 11) is 0. The van der Waals surface area contributed by atoms with Crippen LogP contribution in [0.2, 0.25) is 5.15 Å². The highest BCUT2D eigenvalue weighted by Crippen LogP contribution is 2.35. The molecule has 1 aromatic rings. The van der Waals surface area contributed by atoms with Crippen molar-refractivity contribution in [2.75, 3.05) is 18.0 Å². The first-order valence-electron chi connectivity index (χ1n) is 8.45. The van der Waals surface area contributed by atoms with Crippen molar-refractivity contribution in [2.45, 2.75) is 64.6 Å². The van der Waals surface area contributed by atoms with Crippen molar-refractivity contribution < 1.29 is 9.53 Å². The molecular formula is C17H25ClN4O2. The maximum Gasteiger partial charge on any atom is 0.410 e. The van der Waals surface area contributed by atoms with Crippen molar-refractivity contribution in [3.63, 3.8) is 0 Å². The molecule has 0 spiro atoms. The standard InChI is InChI=1S/C17H25ClN4O2/c1-10(2)15-19-13(18)7-14(20-15)21-8-12-6-11(21)9-22(12)16(23)24-17(3,4)5/h7,10-12H,6,8-9H2,1-5H3/t11-,12-/m0/s1. The number of piperazine rings is 1. The number of anilines is 1. The van der Waals surface area contributed by atoms with Crippen LogP contribution in [-0.4, -0.2) is 51.7 Å². The summed E-state index contributed by atoms with van der Waals surface area (Å²) in [5, 5.41) is 0.468. The van der Waals surface area contributed by atoms with Gasteiger partial charge in [-0.25, -0.2) is 14.8 Å². The Morgan fingerprint density at radius 2 is 2.00 bits per heavy atom. The van der Waals surface area contributed by atoms with Gasteiger partial charge in [-0.1, -0.05) is 25.4 Å². The molecule has 2 saturated heterocycles. The first-order valence-corrected chi connectivity index (χ1v) is 8.82. The Labute approximate surface area is 148 Å². The predicted octanol–water partition coefficient (Wildman–Crippen LogP) is 3.45. The van der Waals surface area contributed by atoms with Crippen LogP contribution < -0.4 is 4.90 Å². The number of carbonyl (C=O) groups is 1. The number of hydrogen-bond donors (Lipinski definition) is 0. The summed E-state index contributed by atoms with van der Waals surface area (Å²) >= 11 is 6.16. The second kappa shape index (κ2) is 6.06. The molecule has 0 aromatic carbocycles. The van der Waals surface area contributed by atoms with Crippen molar-refractivity contribution in [1.82, 2.24) is 14.9 Å². The van der Waals surface area contributed by atoms with Crippen molar-refractivity contribution in [3.05, 3.63) is 17.0 Å². The summed E-state index contributed by atoms with van der Waals surface area (Å²) in [4.78, 5) is 25.4. The minimum atomic E-state index is -0.467. The van der Waals surface area contributed by atoms with Crippen molar-refractivity contribution in [3.8, 4) is 0 Å². The van der Waals surface area contributed by atoms with E-state index in [-0.39, 0.29) is 24.1 Å². The zero-order chi connectivity index (χ0) is 17.6. The summed E-state index contributed by atoms with van der Waals surface area (Å²) in [5.74, 6) is 1.83. The maximum absolute atomic E-state index is 12.3. The van der Waals surface area contributed by atoms with E-state index in [9.17, 15) is 4.79 Å². The van der Waals surface area contributed by atoms with Gasteiger partial charge in [0.25, 0.3) is 0 Å². The first-order chi connectivity index (χ1) is 11.1. The van der Waals surface area contributed by atoms with Gasteiger partial charge in [0.05, 0.1) is 12.1 Å². The Bertz CT molecular complexity index is 644. The third-order valence-corrected chi connectivity index (χ3v) is 4.57. The molecule has 2 aliphatic heterocycles. The molecule has 2 fully saturated rings. The van der Waals surface area contributed by atoms with E-state index >= 15 is 0 Å². The summed E-state index contributed by atoms with van der Waals surface area (Å²) in [6.07, 6.45) is 0.718. The Morgan fingerprint density at radius 3 is 2.54 bits per heavy atom. The van der Waals surface area contributed by atoms with E-state index in [0.29, 0.717) is 11.7 Å². The summed E-state index contributed by atoms with van der Waals surface area (Å²) in [6.45, 7) is 11.2. The third kappa shape index (κ3) is 3.43. The fourth-order valence-corrected chi connectivity index (χ4v) is 3.50. The van der Waals surface area contributed by atoms with Crippen LogP contribution in [-0.2, 0) is 4.74 Å². The normalized spacial score (nSPS) is 23.3. The number of carbonyl (C=O) groups excluding carboxylic acids is 1. The number of aromatic nitrogens is 2. The highest BCUT2D eigenvalue weighted by molar-refractivity contribution is 6.29. The van der Waals surface area contributed by atoms with Crippen LogP contribution in [0, 0.1) is 0 Å². The smallest absolute Gasteiger partial charge is 0.410 e. The lowest BCUT2D eigenvalue weighted by Gasteiger charge is -2.35. The Hall–Kier alpha value is -1.56. The Morgan fingerprint density at radius 1 is 1.29 bits per heavy atom. The molecule has 0 unspecified atom stereocenters. The molecule has 2 aliphatic rings. The van der Waals surface area contributed by atoms with Gasteiger partial charge in [-0.3, -0.25) is 0 Å². The predicted molar refractivity (Wildman–Crippen MR) is 93.6 cm³/mol. The summed E-state index contributed by atoms with van der Waals surface area (Å²) in [6, 6.07) is 2.24. The molecule has 2 bridgehead atoms. The number of amides is 1. The van der Waals surface area contributed by atoms with Gasteiger partial charge < -0.3 is 14.5 Å². The number of ether oxygens (including phenoxy) is 1. The largest absolute Gasteiger partial charge is 0.444 e. The number of likely N-dealkylation sites (tertiary alicyclic amines) is 1. The summed E-state index contributed by atoms with van der Waals surface area (Å²) in [5.41, 5.74) is -0.467. The van der Waals surface area contributed by atoms with Crippen molar-refractivity contribution in [2.24, 2.45) is 0 Å². The van der Waals surface area contributed by atoms with Gasteiger partial charge in [-0.15, -0.1) is 0 Å². The van der Waals surface area contributed by atoms with Crippen LogP contribution in [0.3, 0.4) is 0 Å². The van der Waals surface area contributed by atoms with E-state index in [1.807, 2.05) is 31.7 Å². The molecule has 1 aromatic heterocycles.